The van der Waals surface area contributed by atoms with Crippen molar-refractivity contribution in [2.24, 2.45) is 0 Å². The van der Waals surface area contributed by atoms with Gasteiger partial charge in [-0.05, 0) is 24.9 Å². The fourth-order valence-electron chi connectivity index (χ4n) is 4.16. The minimum Gasteiger partial charge on any atom is -0.463 e. The normalized spacial score (nSPS) is 15.4. The SMILES string of the molecule is CCCCOc1nc(N)c2[nH]c(=O)n(CCCN3CCN(C/C=C/c4ccccc4)CC3)c2n1. The molecule has 9 heteroatoms. The van der Waals surface area contributed by atoms with E-state index in [2.05, 4.69) is 68.1 Å². The highest BCUT2D eigenvalue weighted by Gasteiger charge is 2.17. The van der Waals surface area contributed by atoms with Gasteiger partial charge in [0.25, 0.3) is 0 Å². The second kappa shape index (κ2) is 11.8. The molecule has 2 aromatic heterocycles. The molecule has 3 heterocycles. The number of ether oxygens (including phenoxy) is 1. The van der Waals surface area contributed by atoms with Crippen LogP contribution >= 0.6 is 0 Å². The Balaban J connectivity index is 1.26. The van der Waals surface area contributed by atoms with Crippen LogP contribution in [-0.4, -0.2) is 75.2 Å². The number of aromatic nitrogens is 4. The lowest BCUT2D eigenvalue weighted by atomic mass is 10.2. The van der Waals surface area contributed by atoms with Crippen molar-refractivity contribution in [3.63, 3.8) is 0 Å². The van der Waals surface area contributed by atoms with Gasteiger partial charge in [0, 0.05) is 39.3 Å². The summed E-state index contributed by atoms with van der Waals surface area (Å²) < 4.78 is 7.26. The average Bonchev–Trinajstić information content (AvgIpc) is 3.17. The first-order valence-electron chi connectivity index (χ1n) is 12.2. The number of benzene rings is 1. The summed E-state index contributed by atoms with van der Waals surface area (Å²) in [5.74, 6) is 0.241. The number of hydrogen-bond acceptors (Lipinski definition) is 7. The zero-order valence-corrected chi connectivity index (χ0v) is 19.9. The molecule has 0 spiro atoms. The summed E-state index contributed by atoms with van der Waals surface area (Å²) in [4.78, 5) is 28.8. The van der Waals surface area contributed by atoms with Crippen LogP contribution in [-0.2, 0) is 6.54 Å². The fourth-order valence-corrected chi connectivity index (χ4v) is 4.16. The van der Waals surface area contributed by atoms with Crippen LogP contribution in [0.2, 0.25) is 0 Å². The predicted octanol–water partition coefficient (Wildman–Crippen LogP) is 2.60. The lowest BCUT2D eigenvalue weighted by Gasteiger charge is -2.34. The van der Waals surface area contributed by atoms with Gasteiger partial charge >= 0.3 is 11.7 Å². The maximum absolute atomic E-state index is 12.5. The van der Waals surface area contributed by atoms with E-state index in [0.717, 1.165) is 58.5 Å². The van der Waals surface area contributed by atoms with E-state index < -0.39 is 0 Å². The zero-order chi connectivity index (χ0) is 23.8. The van der Waals surface area contributed by atoms with Crippen LogP contribution in [0.5, 0.6) is 6.01 Å². The number of hydrogen-bond donors (Lipinski definition) is 2. The van der Waals surface area contributed by atoms with Crippen LogP contribution in [0.25, 0.3) is 17.2 Å². The number of nitrogens with one attached hydrogen (secondary N) is 1. The molecule has 3 N–H and O–H groups in total. The maximum atomic E-state index is 12.5. The van der Waals surface area contributed by atoms with Crippen LogP contribution < -0.4 is 16.2 Å². The van der Waals surface area contributed by atoms with Crippen molar-refractivity contribution in [3.8, 4) is 6.01 Å². The van der Waals surface area contributed by atoms with E-state index in [1.165, 1.54) is 5.56 Å². The summed E-state index contributed by atoms with van der Waals surface area (Å²) in [5, 5.41) is 0. The van der Waals surface area contributed by atoms with E-state index in [1.54, 1.807) is 4.57 Å². The van der Waals surface area contributed by atoms with Crippen LogP contribution in [0.3, 0.4) is 0 Å². The first-order chi connectivity index (χ1) is 16.6. The Kier molecular flexibility index (Phi) is 8.32. The number of aromatic amines is 1. The van der Waals surface area contributed by atoms with Gasteiger partial charge in [-0.1, -0.05) is 55.8 Å². The Morgan fingerprint density at radius 2 is 1.82 bits per heavy atom. The van der Waals surface area contributed by atoms with Crippen molar-refractivity contribution >= 4 is 23.1 Å². The third-order valence-electron chi connectivity index (χ3n) is 6.15. The van der Waals surface area contributed by atoms with Gasteiger partial charge in [-0.25, -0.2) is 4.79 Å². The molecule has 3 aromatic rings. The first-order valence-corrected chi connectivity index (χ1v) is 12.2. The Labute approximate surface area is 200 Å². The Morgan fingerprint density at radius 3 is 2.59 bits per heavy atom. The third-order valence-corrected chi connectivity index (χ3v) is 6.15. The molecule has 182 valence electrons. The maximum Gasteiger partial charge on any atom is 0.327 e. The Hall–Kier alpha value is -3.17. The summed E-state index contributed by atoms with van der Waals surface area (Å²) in [5.41, 5.74) is 8.05. The fraction of sp³-hybridized carbons (Fsp3) is 0.480. The number of aryl methyl sites for hydroxylation is 1. The second-order valence-corrected chi connectivity index (χ2v) is 8.68. The monoisotopic (exact) mass is 465 g/mol. The van der Waals surface area contributed by atoms with Crippen molar-refractivity contribution in [1.82, 2.24) is 29.3 Å². The van der Waals surface area contributed by atoms with Gasteiger partial charge in [-0.3, -0.25) is 9.47 Å². The number of unbranched alkanes of at least 4 members (excludes halogenated alkanes) is 1. The molecular formula is C25H35N7O2. The van der Waals surface area contributed by atoms with Crippen molar-refractivity contribution in [1.29, 1.82) is 0 Å². The van der Waals surface area contributed by atoms with Crippen molar-refractivity contribution in [3.05, 3.63) is 52.5 Å². The molecule has 0 bridgehead atoms. The van der Waals surface area contributed by atoms with Gasteiger partial charge in [0.05, 0.1) is 6.61 Å². The Morgan fingerprint density at radius 1 is 1.06 bits per heavy atom. The number of rotatable bonds is 11. The molecule has 1 aromatic carbocycles. The minimum atomic E-state index is -0.211. The van der Waals surface area contributed by atoms with Gasteiger partial charge in [0.15, 0.2) is 11.5 Å². The zero-order valence-electron chi connectivity index (χ0n) is 19.9. The highest BCUT2D eigenvalue weighted by atomic mass is 16.5. The molecule has 4 rings (SSSR count). The highest BCUT2D eigenvalue weighted by molar-refractivity contribution is 5.81. The summed E-state index contributed by atoms with van der Waals surface area (Å²) in [6.45, 7) is 9.27. The molecule has 1 aliphatic heterocycles. The van der Waals surface area contributed by atoms with Crippen LogP contribution in [0.4, 0.5) is 5.82 Å². The van der Waals surface area contributed by atoms with Crippen LogP contribution in [0.15, 0.2) is 41.2 Å². The van der Waals surface area contributed by atoms with Gasteiger partial charge < -0.3 is 20.4 Å². The molecule has 0 radical (unpaired) electrons. The van der Waals surface area contributed by atoms with Crippen molar-refractivity contribution < 1.29 is 4.74 Å². The second-order valence-electron chi connectivity index (χ2n) is 8.68. The molecule has 0 aliphatic carbocycles. The average molecular weight is 466 g/mol. The molecule has 0 amide bonds. The molecule has 0 saturated carbocycles. The number of piperazine rings is 1. The third kappa shape index (κ3) is 6.24. The van der Waals surface area contributed by atoms with Gasteiger partial charge in [0.1, 0.15) is 5.52 Å². The van der Waals surface area contributed by atoms with Gasteiger partial charge in [0.2, 0.25) is 0 Å². The quantitative estimate of drug-likeness (QED) is 0.419. The molecule has 9 nitrogen and oxygen atoms in total. The standard InChI is InChI=1S/C25H35N7O2/c1-2-3-19-34-24-28-22(26)21-23(29-24)32(25(33)27-21)14-8-13-31-17-15-30(16-18-31)12-7-11-20-9-5-4-6-10-20/h4-7,9-11H,2-3,8,12-19H2,1H3,(H,27,33)(H2,26,28,29)/b11-7+. The van der Waals surface area contributed by atoms with E-state index >= 15 is 0 Å². The van der Waals surface area contributed by atoms with E-state index in [9.17, 15) is 4.79 Å². The summed E-state index contributed by atoms with van der Waals surface area (Å²) in [6.07, 6.45) is 7.21. The topological polar surface area (TPSA) is 105 Å². The summed E-state index contributed by atoms with van der Waals surface area (Å²) in [7, 11) is 0. The van der Waals surface area contributed by atoms with E-state index in [0.29, 0.717) is 24.3 Å². The van der Waals surface area contributed by atoms with Crippen molar-refractivity contribution in [2.45, 2.75) is 32.7 Å². The highest BCUT2D eigenvalue weighted by Crippen LogP contribution is 2.18. The number of nitrogen functional groups attached to an aromatic ring is 1. The Bertz CT molecular complexity index is 1130. The molecular weight excluding hydrogens is 430 g/mol. The summed E-state index contributed by atoms with van der Waals surface area (Å²) in [6, 6.07) is 10.6. The van der Waals surface area contributed by atoms with E-state index in [1.807, 2.05) is 6.07 Å². The van der Waals surface area contributed by atoms with E-state index in [4.69, 9.17) is 10.5 Å². The number of fused-ring (bicyclic) bond motifs is 1. The lowest BCUT2D eigenvalue weighted by molar-refractivity contribution is 0.140. The van der Waals surface area contributed by atoms with Gasteiger partial charge in [-0.2, -0.15) is 9.97 Å². The largest absolute Gasteiger partial charge is 0.463 e. The molecule has 1 fully saturated rings. The smallest absolute Gasteiger partial charge is 0.327 e. The molecule has 1 saturated heterocycles. The van der Waals surface area contributed by atoms with Crippen LogP contribution in [0.1, 0.15) is 31.7 Å². The molecule has 0 unspecified atom stereocenters. The van der Waals surface area contributed by atoms with E-state index in [-0.39, 0.29) is 17.5 Å². The number of H-pyrrole nitrogens is 1. The number of anilines is 1. The van der Waals surface area contributed by atoms with Gasteiger partial charge in [-0.15, -0.1) is 0 Å². The lowest BCUT2D eigenvalue weighted by Crippen LogP contribution is -2.46. The summed E-state index contributed by atoms with van der Waals surface area (Å²) >= 11 is 0. The van der Waals surface area contributed by atoms with Crippen LogP contribution in [0, 0.1) is 0 Å². The minimum absolute atomic E-state index is 0.211. The van der Waals surface area contributed by atoms with Crippen molar-refractivity contribution in [2.75, 3.05) is 51.6 Å². The molecule has 1 aliphatic rings. The predicted molar refractivity (Wildman–Crippen MR) is 136 cm³/mol. The number of imidazole rings is 1. The molecule has 34 heavy (non-hydrogen) atoms. The molecule has 0 atom stereocenters. The first kappa shape index (κ1) is 24.0. The number of nitrogens with zero attached hydrogens (tertiary/aromatic N) is 5. The number of nitrogens with two attached hydrogens (primary N) is 1.